The van der Waals surface area contributed by atoms with Crippen LogP contribution in [0.25, 0.3) is 5.82 Å². The van der Waals surface area contributed by atoms with Crippen LogP contribution in [0.5, 0.6) is 0 Å². The molecule has 0 spiro atoms. The average molecular weight is 512 g/mol. The Morgan fingerprint density at radius 1 is 1.19 bits per heavy atom. The molecule has 1 aliphatic rings. The molecule has 1 amide bonds. The first-order valence-electron chi connectivity index (χ1n) is 12.0. The van der Waals surface area contributed by atoms with Gasteiger partial charge in [-0.15, -0.1) is 0 Å². The molecule has 36 heavy (non-hydrogen) atoms. The summed E-state index contributed by atoms with van der Waals surface area (Å²) < 4.78 is 29.5. The molecule has 3 aromatic heterocycles. The van der Waals surface area contributed by atoms with E-state index in [9.17, 15) is 13.2 Å². The van der Waals surface area contributed by atoms with Crippen molar-refractivity contribution in [1.29, 1.82) is 0 Å². The van der Waals surface area contributed by atoms with Crippen LogP contribution in [0.1, 0.15) is 57.1 Å². The maximum absolute atomic E-state index is 13.3. The monoisotopic (exact) mass is 511 g/mol. The number of amides is 1. The second-order valence-electron chi connectivity index (χ2n) is 10.5. The molecule has 3 N–H and O–H groups in total. The lowest BCUT2D eigenvalue weighted by Crippen LogP contribution is -2.41. The highest BCUT2D eigenvalue weighted by atomic mass is 32.2. The molecule has 3 aromatic rings. The Kier molecular flexibility index (Phi) is 6.78. The number of carbonyl (C=O) groups is 1. The number of carbonyl (C=O) groups excluding carboxylic acids is 1. The molecule has 0 unspecified atom stereocenters. The van der Waals surface area contributed by atoms with Crippen LogP contribution in [-0.4, -0.2) is 46.2 Å². The molecule has 1 fully saturated rings. The van der Waals surface area contributed by atoms with Crippen molar-refractivity contribution in [3.8, 4) is 5.82 Å². The van der Waals surface area contributed by atoms with Gasteiger partial charge in [0.2, 0.25) is 0 Å². The molecule has 1 atom stereocenters. The van der Waals surface area contributed by atoms with E-state index in [-0.39, 0.29) is 21.9 Å². The van der Waals surface area contributed by atoms with Gasteiger partial charge in [-0.1, -0.05) is 26.8 Å². The Morgan fingerprint density at radius 3 is 2.58 bits per heavy atom. The summed E-state index contributed by atoms with van der Waals surface area (Å²) in [7, 11) is -4.23. The van der Waals surface area contributed by atoms with Crippen molar-refractivity contribution in [3.05, 3.63) is 53.9 Å². The molecular weight excluding hydrogens is 478 g/mol. The van der Waals surface area contributed by atoms with E-state index in [1.54, 1.807) is 16.8 Å². The number of nitrogens with zero attached hydrogens (tertiary/aromatic N) is 5. The van der Waals surface area contributed by atoms with Crippen molar-refractivity contribution in [1.82, 2.24) is 24.5 Å². The number of hydrogen-bond acceptors (Lipinski definition) is 8. The highest BCUT2D eigenvalue weighted by Crippen LogP contribution is 2.37. The van der Waals surface area contributed by atoms with Gasteiger partial charge in [-0.3, -0.25) is 4.79 Å². The van der Waals surface area contributed by atoms with Crippen molar-refractivity contribution < 1.29 is 13.2 Å². The van der Waals surface area contributed by atoms with Gasteiger partial charge in [0.05, 0.1) is 11.3 Å². The maximum Gasteiger partial charge on any atom is 0.281 e. The minimum Gasteiger partial charge on any atom is -0.384 e. The van der Waals surface area contributed by atoms with E-state index in [1.165, 1.54) is 18.2 Å². The standard InChI is InChI=1S/C25H33N7O3S/c1-16(2)13-18-11-12-32(29-18)21-10-9-19(23(28-21)31-15-17(3)14-25(31,4)5)24(33)30-36(34,35)22-8-6-7-20(26)27-22/h6-12,16-17H,13-15H2,1-5H3,(H2,26,27)(H,30,33)/t17-/m0/s1. The molecule has 1 saturated heterocycles. The van der Waals surface area contributed by atoms with Gasteiger partial charge < -0.3 is 10.6 Å². The summed E-state index contributed by atoms with van der Waals surface area (Å²) in [6, 6.07) is 9.44. The van der Waals surface area contributed by atoms with Gasteiger partial charge in [0.1, 0.15) is 11.6 Å². The Balaban J connectivity index is 1.74. The molecule has 0 bridgehead atoms. The number of nitrogen functional groups attached to an aromatic ring is 1. The van der Waals surface area contributed by atoms with E-state index in [1.807, 2.05) is 12.3 Å². The Morgan fingerprint density at radius 2 is 1.94 bits per heavy atom. The second-order valence-corrected chi connectivity index (χ2v) is 12.1. The number of nitrogens with two attached hydrogens (primary N) is 1. The van der Waals surface area contributed by atoms with Gasteiger partial charge in [-0.25, -0.2) is 19.4 Å². The number of rotatable bonds is 7. The third kappa shape index (κ3) is 5.35. The van der Waals surface area contributed by atoms with Crippen LogP contribution >= 0.6 is 0 Å². The second kappa shape index (κ2) is 9.53. The van der Waals surface area contributed by atoms with Crippen LogP contribution in [0.3, 0.4) is 0 Å². The molecule has 11 heteroatoms. The van der Waals surface area contributed by atoms with Crippen LogP contribution < -0.4 is 15.4 Å². The van der Waals surface area contributed by atoms with Gasteiger partial charge in [-0.2, -0.15) is 13.5 Å². The maximum atomic E-state index is 13.3. The highest BCUT2D eigenvalue weighted by molar-refractivity contribution is 7.90. The lowest BCUT2D eigenvalue weighted by molar-refractivity contribution is 0.0981. The van der Waals surface area contributed by atoms with E-state index in [0.717, 1.165) is 18.5 Å². The van der Waals surface area contributed by atoms with Crippen molar-refractivity contribution in [2.75, 3.05) is 17.2 Å². The van der Waals surface area contributed by atoms with Gasteiger partial charge in [0.15, 0.2) is 10.8 Å². The van der Waals surface area contributed by atoms with Crippen LogP contribution in [0.15, 0.2) is 47.6 Å². The Labute approximate surface area is 212 Å². The Hall–Kier alpha value is -3.47. The highest BCUT2D eigenvalue weighted by Gasteiger charge is 2.39. The topological polar surface area (TPSA) is 136 Å². The molecule has 1 aliphatic heterocycles. The van der Waals surface area contributed by atoms with Crippen molar-refractivity contribution >= 4 is 27.6 Å². The van der Waals surface area contributed by atoms with E-state index >= 15 is 0 Å². The molecule has 0 saturated carbocycles. The van der Waals surface area contributed by atoms with E-state index in [4.69, 9.17) is 10.7 Å². The first-order valence-corrected chi connectivity index (χ1v) is 13.5. The Bertz CT molecular complexity index is 1380. The third-order valence-corrected chi connectivity index (χ3v) is 7.41. The molecule has 0 aliphatic carbocycles. The predicted molar refractivity (Wildman–Crippen MR) is 138 cm³/mol. The molecule has 0 aromatic carbocycles. The SMILES string of the molecule is CC(C)Cc1ccn(-c2ccc(C(=O)NS(=O)(=O)c3cccc(N)n3)c(N3C[C@@H](C)CC3(C)C)n2)n1. The number of hydrogen-bond donors (Lipinski definition) is 2. The van der Waals surface area contributed by atoms with Crippen LogP contribution in [0.2, 0.25) is 0 Å². The van der Waals surface area contributed by atoms with E-state index in [2.05, 4.69) is 54.3 Å². The molecular formula is C25H33N7O3S. The summed E-state index contributed by atoms with van der Waals surface area (Å²) in [5.41, 5.74) is 6.46. The lowest BCUT2D eigenvalue weighted by atomic mass is 9.97. The van der Waals surface area contributed by atoms with Gasteiger partial charge >= 0.3 is 0 Å². The fourth-order valence-electron chi connectivity index (χ4n) is 4.73. The zero-order valence-corrected chi connectivity index (χ0v) is 22.1. The molecule has 192 valence electrons. The van der Waals surface area contributed by atoms with Crippen molar-refractivity contribution in [2.24, 2.45) is 11.8 Å². The number of anilines is 2. The van der Waals surface area contributed by atoms with Crippen molar-refractivity contribution in [3.63, 3.8) is 0 Å². The minimum absolute atomic E-state index is 0.0425. The quantitative estimate of drug-likeness (QED) is 0.494. The number of pyridine rings is 2. The van der Waals surface area contributed by atoms with Gasteiger partial charge in [0, 0.05) is 18.3 Å². The summed E-state index contributed by atoms with van der Waals surface area (Å²) in [6.07, 6.45) is 3.59. The van der Waals surface area contributed by atoms with Crippen LogP contribution in [0, 0.1) is 11.8 Å². The number of nitrogens with one attached hydrogen (secondary N) is 1. The zero-order valence-electron chi connectivity index (χ0n) is 21.3. The smallest absolute Gasteiger partial charge is 0.281 e. The first-order chi connectivity index (χ1) is 16.9. The van der Waals surface area contributed by atoms with E-state index in [0.29, 0.717) is 30.0 Å². The summed E-state index contributed by atoms with van der Waals surface area (Å²) in [6.45, 7) is 11.3. The van der Waals surface area contributed by atoms with Crippen LogP contribution in [0.4, 0.5) is 11.6 Å². The molecule has 4 rings (SSSR count). The first kappa shape index (κ1) is 25.6. The van der Waals surface area contributed by atoms with Gasteiger partial charge in [0.25, 0.3) is 15.9 Å². The largest absolute Gasteiger partial charge is 0.384 e. The lowest BCUT2D eigenvalue weighted by Gasteiger charge is -2.34. The minimum atomic E-state index is -4.23. The fraction of sp³-hybridized carbons (Fsp3) is 0.440. The third-order valence-electron chi connectivity index (χ3n) is 6.18. The molecule has 4 heterocycles. The van der Waals surface area contributed by atoms with Gasteiger partial charge in [-0.05, 0) is 68.9 Å². The summed E-state index contributed by atoms with van der Waals surface area (Å²) in [5.74, 6) is 1.06. The number of aromatic nitrogens is 4. The summed E-state index contributed by atoms with van der Waals surface area (Å²) in [5, 5.41) is 4.31. The summed E-state index contributed by atoms with van der Waals surface area (Å²) >= 11 is 0. The fourth-order valence-corrected chi connectivity index (χ4v) is 5.68. The normalized spacial score (nSPS) is 17.5. The number of sulfonamides is 1. The predicted octanol–water partition coefficient (Wildman–Crippen LogP) is 3.19. The average Bonchev–Trinajstić information content (AvgIpc) is 3.35. The molecule has 0 radical (unpaired) electrons. The van der Waals surface area contributed by atoms with E-state index < -0.39 is 15.9 Å². The van der Waals surface area contributed by atoms with Crippen molar-refractivity contribution in [2.45, 2.75) is 58.0 Å². The van der Waals surface area contributed by atoms with Crippen LogP contribution in [-0.2, 0) is 16.4 Å². The summed E-state index contributed by atoms with van der Waals surface area (Å²) in [4.78, 5) is 24.1. The molecule has 10 nitrogen and oxygen atoms in total. The zero-order chi connectivity index (χ0) is 26.3.